The van der Waals surface area contributed by atoms with Crippen LogP contribution in [0.25, 0.3) is 92.6 Å². The Labute approximate surface area is 305 Å². The summed E-state index contributed by atoms with van der Waals surface area (Å²) >= 11 is 1.89. The summed E-state index contributed by atoms with van der Waals surface area (Å²) < 4.78 is 5.07. The van der Waals surface area contributed by atoms with Crippen LogP contribution in [0.3, 0.4) is 0 Å². The van der Waals surface area contributed by atoms with E-state index in [1.165, 1.54) is 71.2 Å². The zero-order chi connectivity index (χ0) is 34.6. The molecule has 7 aromatic carbocycles. The molecule has 0 saturated heterocycles. The molecule has 0 spiro atoms. The molecule has 0 aliphatic rings. The Hall–Kier alpha value is -6.17. The highest BCUT2D eigenvalue weighted by Gasteiger charge is 2.22. The molecule has 0 bridgehead atoms. The van der Waals surface area contributed by atoms with Crippen LogP contribution in [-0.4, -0.2) is 19.5 Å². The van der Waals surface area contributed by atoms with Crippen molar-refractivity contribution in [2.45, 2.75) is 26.2 Å². The summed E-state index contributed by atoms with van der Waals surface area (Å²) in [4.78, 5) is 15.0. The van der Waals surface area contributed by atoms with E-state index in [0.717, 1.165) is 28.8 Å². The SMILES string of the molecule is CCCCc1ccc(-c2nc(-c3ccccc3)nc(-c3ccc(-n4c5ccccc5c5c6ccccc6c6c7ccccc7sc6c54)cc3)n2)cc1. The molecule has 3 heterocycles. The Kier molecular flexibility index (Phi) is 7.40. The van der Waals surface area contributed by atoms with Gasteiger partial charge in [0.15, 0.2) is 17.5 Å². The molecule has 5 heteroatoms. The quantitative estimate of drug-likeness (QED) is 0.168. The Morgan fingerprint density at radius 2 is 1.04 bits per heavy atom. The number of unbranched alkanes of at least 4 members (excludes halogenated alkanes) is 1. The van der Waals surface area contributed by atoms with Crippen LogP contribution in [0.2, 0.25) is 0 Å². The first-order valence-electron chi connectivity index (χ1n) is 18.0. The molecule has 0 unspecified atom stereocenters. The van der Waals surface area contributed by atoms with E-state index < -0.39 is 0 Å². The molecule has 0 saturated carbocycles. The molecule has 4 nitrogen and oxygen atoms in total. The Balaban J connectivity index is 1.16. The van der Waals surface area contributed by atoms with Crippen LogP contribution in [0.5, 0.6) is 0 Å². The molecule has 0 radical (unpaired) electrons. The number of thiophene rings is 1. The van der Waals surface area contributed by atoms with Gasteiger partial charge in [0.05, 0.1) is 15.7 Å². The van der Waals surface area contributed by atoms with Gasteiger partial charge in [-0.3, -0.25) is 0 Å². The molecule has 0 fully saturated rings. The largest absolute Gasteiger partial charge is 0.308 e. The van der Waals surface area contributed by atoms with E-state index in [1.54, 1.807) is 0 Å². The minimum Gasteiger partial charge on any atom is -0.308 e. The second-order valence-corrected chi connectivity index (χ2v) is 14.5. The van der Waals surface area contributed by atoms with Crippen molar-refractivity contribution in [2.75, 3.05) is 0 Å². The van der Waals surface area contributed by atoms with E-state index in [-0.39, 0.29) is 0 Å². The van der Waals surface area contributed by atoms with Crippen LogP contribution in [0.1, 0.15) is 25.3 Å². The first kappa shape index (κ1) is 30.6. The predicted octanol–water partition coefficient (Wildman–Crippen LogP) is 12.8. The lowest BCUT2D eigenvalue weighted by molar-refractivity contribution is 0.795. The molecular formula is C47H34N4S. The summed E-state index contributed by atoms with van der Waals surface area (Å²) in [5.41, 5.74) is 7.78. The van der Waals surface area contributed by atoms with Crippen LogP contribution < -0.4 is 0 Å². The third-order valence-electron chi connectivity index (χ3n) is 10.2. The van der Waals surface area contributed by atoms with Crippen LogP contribution in [0.15, 0.2) is 152 Å². The molecule has 10 rings (SSSR count). The van der Waals surface area contributed by atoms with Crippen molar-refractivity contribution in [1.82, 2.24) is 19.5 Å². The molecule has 3 aromatic heterocycles. The maximum Gasteiger partial charge on any atom is 0.164 e. The van der Waals surface area contributed by atoms with Crippen molar-refractivity contribution in [2.24, 2.45) is 0 Å². The van der Waals surface area contributed by atoms with Gasteiger partial charge in [-0.05, 0) is 65.6 Å². The lowest BCUT2D eigenvalue weighted by Gasteiger charge is -2.12. The molecule has 0 amide bonds. The van der Waals surface area contributed by atoms with Gasteiger partial charge in [0.1, 0.15) is 0 Å². The van der Waals surface area contributed by atoms with Crippen molar-refractivity contribution in [1.29, 1.82) is 0 Å². The molecule has 10 aromatic rings. The fourth-order valence-corrected chi connectivity index (χ4v) is 8.96. The average molecular weight is 687 g/mol. The van der Waals surface area contributed by atoms with E-state index in [2.05, 4.69) is 145 Å². The average Bonchev–Trinajstić information content (AvgIpc) is 3.78. The lowest BCUT2D eigenvalue weighted by atomic mass is 9.99. The maximum atomic E-state index is 5.06. The summed E-state index contributed by atoms with van der Waals surface area (Å²) in [6, 6.07) is 54.1. The number of aromatic nitrogens is 4. The van der Waals surface area contributed by atoms with E-state index in [1.807, 2.05) is 29.5 Å². The van der Waals surface area contributed by atoms with Gasteiger partial charge in [0, 0.05) is 48.6 Å². The molecule has 248 valence electrons. The first-order valence-corrected chi connectivity index (χ1v) is 18.8. The summed E-state index contributed by atoms with van der Waals surface area (Å²) in [5, 5.41) is 7.77. The molecule has 52 heavy (non-hydrogen) atoms. The van der Waals surface area contributed by atoms with Crippen molar-refractivity contribution in [3.8, 4) is 39.9 Å². The van der Waals surface area contributed by atoms with Crippen LogP contribution in [0.4, 0.5) is 0 Å². The highest BCUT2D eigenvalue weighted by molar-refractivity contribution is 7.27. The van der Waals surface area contributed by atoms with Gasteiger partial charge in [-0.1, -0.05) is 129 Å². The van der Waals surface area contributed by atoms with Gasteiger partial charge >= 0.3 is 0 Å². The Morgan fingerprint density at radius 1 is 0.500 bits per heavy atom. The number of rotatable bonds is 7. The summed E-state index contributed by atoms with van der Waals surface area (Å²) in [7, 11) is 0. The molecular weight excluding hydrogens is 653 g/mol. The summed E-state index contributed by atoms with van der Waals surface area (Å²) in [6.07, 6.45) is 3.45. The summed E-state index contributed by atoms with van der Waals surface area (Å²) in [5.74, 6) is 2.00. The van der Waals surface area contributed by atoms with Crippen molar-refractivity contribution >= 4 is 64.1 Å². The van der Waals surface area contributed by atoms with Gasteiger partial charge in [-0.15, -0.1) is 11.3 Å². The third-order valence-corrected chi connectivity index (χ3v) is 11.4. The normalized spacial score (nSPS) is 11.8. The Bertz CT molecular complexity index is 2920. The first-order chi connectivity index (χ1) is 25.7. The van der Waals surface area contributed by atoms with Gasteiger partial charge in [0.2, 0.25) is 0 Å². The predicted molar refractivity (Wildman–Crippen MR) is 219 cm³/mol. The van der Waals surface area contributed by atoms with Gasteiger partial charge < -0.3 is 4.57 Å². The number of aryl methyl sites for hydroxylation is 1. The molecule has 0 N–H and O–H groups in total. The highest BCUT2D eigenvalue weighted by Crippen LogP contribution is 2.47. The second kappa shape index (κ2) is 12.6. The van der Waals surface area contributed by atoms with Gasteiger partial charge in [0.25, 0.3) is 0 Å². The second-order valence-electron chi connectivity index (χ2n) is 13.4. The zero-order valence-corrected chi connectivity index (χ0v) is 29.6. The van der Waals surface area contributed by atoms with Crippen molar-refractivity contribution < 1.29 is 0 Å². The number of para-hydroxylation sites is 1. The van der Waals surface area contributed by atoms with Crippen LogP contribution in [0, 0.1) is 0 Å². The highest BCUT2D eigenvalue weighted by atomic mass is 32.1. The zero-order valence-electron chi connectivity index (χ0n) is 28.8. The van der Waals surface area contributed by atoms with Crippen molar-refractivity contribution in [3.05, 3.63) is 157 Å². The van der Waals surface area contributed by atoms with E-state index in [9.17, 15) is 0 Å². The number of hydrogen-bond acceptors (Lipinski definition) is 4. The summed E-state index contributed by atoms with van der Waals surface area (Å²) in [6.45, 7) is 2.23. The monoisotopic (exact) mass is 686 g/mol. The number of hydrogen-bond donors (Lipinski definition) is 0. The maximum absolute atomic E-state index is 5.06. The fraction of sp³-hybridized carbons (Fsp3) is 0.0851. The van der Waals surface area contributed by atoms with Crippen molar-refractivity contribution in [3.63, 3.8) is 0 Å². The number of fused-ring (bicyclic) bond motifs is 10. The van der Waals surface area contributed by atoms with E-state index in [4.69, 9.17) is 15.0 Å². The van der Waals surface area contributed by atoms with Gasteiger partial charge in [-0.2, -0.15) is 0 Å². The third kappa shape index (κ3) is 5.00. The van der Waals surface area contributed by atoms with Gasteiger partial charge in [-0.25, -0.2) is 15.0 Å². The lowest BCUT2D eigenvalue weighted by Crippen LogP contribution is -2.01. The molecule has 0 aliphatic heterocycles. The number of nitrogens with zero attached hydrogens (tertiary/aromatic N) is 4. The Morgan fingerprint density at radius 3 is 1.71 bits per heavy atom. The van der Waals surface area contributed by atoms with E-state index >= 15 is 0 Å². The van der Waals surface area contributed by atoms with E-state index in [0.29, 0.717) is 17.5 Å². The minimum absolute atomic E-state index is 0.658. The standard InChI is InChI=1S/C47H34N4S/c1-2-3-13-30-22-24-32(25-23-30)46-48-45(31-14-5-4-6-15-31)49-47(50-46)33-26-28-34(29-27-33)51-39-20-11-9-18-37(39)41-35-16-7-8-17-36(35)42-38-19-10-12-21-40(38)52-44(42)43(41)51/h4-12,14-29H,2-3,13H2,1H3. The smallest absolute Gasteiger partial charge is 0.164 e. The fourth-order valence-electron chi connectivity index (χ4n) is 7.71. The molecule has 0 atom stereocenters. The number of benzene rings is 7. The van der Waals surface area contributed by atoms with Crippen LogP contribution >= 0.6 is 11.3 Å². The van der Waals surface area contributed by atoms with Crippen LogP contribution in [-0.2, 0) is 6.42 Å². The topological polar surface area (TPSA) is 43.6 Å². The minimum atomic E-state index is 0.658. The molecule has 0 aliphatic carbocycles.